The molecule has 0 radical (unpaired) electrons. The largest absolute Gasteiger partial charge is 0.455 e. The fourth-order valence-electron chi connectivity index (χ4n) is 9.42. The quantitative estimate of drug-likeness (QED) is 0.175. The summed E-state index contributed by atoms with van der Waals surface area (Å²) in [4.78, 5) is 15.8. The summed E-state index contributed by atoms with van der Waals surface area (Å²) in [7, 11) is 0. The van der Waals surface area contributed by atoms with Crippen LogP contribution in [0.15, 0.2) is 186 Å². The Morgan fingerprint density at radius 2 is 1.05 bits per heavy atom. The standard InChI is InChI=1S/C54H36N4O/c1-54(2)45-25-11-9-19-38(45)39-29-27-35(31-46(39)54)52-55-51(34-17-7-4-8-18-34)56-53(57-52)44-24-14-22-42-40-20-10-12-26-47(40)58(49(42)44)36-28-30-41-43-23-13-21-37(33-15-5-3-6-16-33)50(43)59-48(41)32-36/h3-32H,1-2H3. The van der Waals surface area contributed by atoms with Crippen LogP contribution < -0.4 is 0 Å². The topological polar surface area (TPSA) is 56.7 Å². The van der Waals surface area contributed by atoms with Crippen molar-refractivity contribution in [3.63, 3.8) is 0 Å². The minimum atomic E-state index is -0.156. The molecule has 3 heterocycles. The summed E-state index contributed by atoms with van der Waals surface area (Å²) in [6.45, 7) is 4.61. The molecule has 0 saturated carbocycles. The molecule has 0 fully saturated rings. The molecule has 1 aliphatic carbocycles. The Kier molecular flexibility index (Phi) is 7.20. The molecule has 12 rings (SSSR count). The summed E-state index contributed by atoms with van der Waals surface area (Å²) in [6, 6.07) is 64.1. The summed E-state index contributed by atoms with van der Waals surface area (Å²) in [5.41, 5.74) is 14.9. The summed E-state index contributed by atoms with van der Waals surface area (Å²) >= 11 is 0. The molecule has 1 aliphatic rings. The van der Waals surface area contributed by atoms with Crippen LogP contribution in [0.2, 0.25) is 0 Å². The SMILES string of the molecule is CC1(C)c2ccccc2-c2ccc(-c3nc(-c4ccccc4)nc(-c4cccc5c6ccccc6n(-c6ccc7c(c6)oc6c(-c8ccccc8)cccc67)c45)n3)cc21. The van der Waals surface area contributed by atoms with E-state index in [-0.39, 0.29) is 5.41 Å². The fourth-order valence-corrected chi connectivity index (χ4v) is 9.42. The molecule has 278 valence electrons. The lowest BCUT2D eigenvalue weighted by Gasteiger charge is -2.21. The minimum absolute atomic E-state index is 0.156. The number of hydrogen-bond donors (Lipinski definition) is 0. The normalized spacial score (nSPS) is 13.1. The smallest absolute Gasteiger partial charge is 0.166 e. The number of nitrogens with zero attached hydrogens (tertiary/aromatic N) is 4. The van der Waals surface area contributed by atoms with Gasteiger partial charge in [-0.25, -0.2) is 15.0 Å². The highest BCUT2D eigenvalue weighted by atomic mass is 16.3. The van der Waals surface area contributed by atoms with E-state index in [9.17, 15) is 0 Å². The third kappa shape index (κ3) is 5.08. The van der Waals surface area contributed by atoms with Crippen molar-refractivity contribution in [3.05, 3.63) is 193 Å². The Morgan fingerprint density at radius 3 is 1.88 bits per heavy atom. The van der Waals surface area contributed by atoms with Crippen LogP contribution in [0.5, 0.6) is 0 Å². The molecule has 3 aromatic heterocycles. The van der Waals surface area contributed by atoms with Crippen LogP contribution in [0.25, 0.3) is 106 Å². The molecule has 0 amide bonds. The summed E-state index contributed by atoms with van der Waals surface area (Å²) < 4.78 is 9.10. The van der Waals surface area contributed by atoms with Crippen molar-refractivity contribution in [2.75, 3.05) is 0 Å². The highest BCUT2D eigenvalue weighted by molar-refractivity contribution is 6.14. The van der Waals surface area contributed by atoms with Crippen molar-refractivity contribution in [1.29, 1.82) is 0 Å². The molecule has 11 aromatic rings. The lowest BCUT2D eigenvalue weighted by molar-refractivity contribution is 0.660. The zero-order valence-corrected chi connectivity index (χ0v) is 32.5. The van der Waals surface area contributed by atoms with Crippen molar-refractivity contribution in [2.24, 2.45) is 0 Å². The third-order valence-corrected chi connectivity index (χ3v) is 12.3. The third-order valence-electron chi connectivity index (χ3n) is 12.3. The first-order chi connectivity index (χ1) is 29.0. The van der Waals surface area contributed by atoms with Crippen LogP contribution in [0.1, 0.15) is 25.0 Å². The predicted octanol–water partition coefficient (Wildman–Crippen LogP) is 13.8. The highest BCUT2D eigenvalue weighted by Crippen LogP contribution is 2.49. The molecular weight excluding hydrogens is 721 g/mol. The van der Waals surface area contributed by atoms with E-state index in [1.807, 2.05) is 24.3 Å². The van der Waals surface area contributed by atoms with Crippen LogP contribution in [-0.2, 0) is 5.41 Å². The summed E-state index contributed by atoms with van der Waals surface area (Å²) in [6.07, 6.45) is 0. The number of hydrogen-bond acceptors (Lipinski definition) is 4. The Bertz CT molecular complexity index is 3470. The Labute approximate surface area is 340 Å². The summed E-state index contributed by atoms with van der Waals surface area (Å²) in [5.74, 6) is 1.89. The van der Waals surface area contributed by atoms with Gasteiger partial charge in [0.1, 0.15) is 11.2 Å². The second-order valence-corrected chi connectivity index (χ2v) is 16.0. The molecule has 5 nitrogen and oxygen atoms in total. The first kappa shape index (κ1) is 33.5. The van der Waals surface area contributed by atoms with E-state index in [0.717, 1.165) is 77.2 Å². The zero-order chi connectivity index (χ0) is 39.2. The first-order valence-electron chi connectivity index (χ1n) is 20.1. The molecular formula is C54H36N4O. The van der Waals surface area contributed by atoms with Gasteiger partial charge in [-0.05, 0) is 58.1 Å². The predicted molar refractivity (Wildman–Crippen MR) is 241 cm³/mol. The number of para-hydroxylation sites is 3. The van der Waals surface area contributed by atoms with Gasteiger partial charge in [0.05, 0.1) is 11.0 Å². The monoisotopic (exact) mass is 756 g/mol. The number of aromatic nitrogens is 4. The lowest BCUT2D eigenvalue weighted by Crippen LogP contribution is -2.15. The summed E-state index contributed by atoms with van der Waals surface area (Å²) in [5, 5.41) is 4.45. The average Bonchev–Trinajstić information content (AvgIpc) is 3.92. The van der Waals surface area contributed by atoms with Crippen molar-refractivity contribution >= 4 is 43.7 Å². The zero-order valence-electron chi connectivity index (χ0n) is 32.5. The van der Waals surface area contributed by atoms with E-state index in [4.69, 9.17) is 19.4 Å². The van der Waals surface area contributed by atoms with Crippen LogP contribution >= 0.6 is 0 Å². The van der Waals surface area contributed by atoms with Crippen molar-refractivity contribution in [2.45, 2.75) is 19.3 Å². The van der Waals surface area contributed by atoms with Gasteiger partial charge < -0.3 is 8.98 Å². The van der Waals surface area contributed by atoms with Gasteiger partial charge in [-0.3, -0.25) is 0 Å². The fraction of sp³-hybridized carbons (Fsp3) is 0.0556. The average molecular weight is 757 g/mol. The molecule has 0 atom stereocenters. The number of benzene rings is 8. The number of fused-ring (bicyclic) bond motifs is 9. The van der Waals surface area contributed by atoms with Gasteiger partial charge >= 0.3 is 0 Å². The maximum atomic E-state index is 6.77. The molecule has 5 heteroatoms. The van der Waals surface area contributed by atoms with E-state index in [1.165, 1.54) is 22.3 Å². The van der Waals surface area contributed by atoms with E-state index >= 15 is 0 Å². The van der Waals surface area contributed by atoms with Crippen molar-refractivity contribution in [3.8, 4) is 62.1 Å². The van der Waals surface area contributed by atoms with Crippen LogP contribution in [0.4, 0.5) is 0 Å². The van der Waals surface area contributed by atoms with E-state index < -0.39 is 0 Å². The Balaban J connectivity index is 1.08. The molecule has 0 bridgehead atoms. The molecule has 0 spiro atoms. The van der Waals surface area contributed by atoms with Gasteiger partial charge in [0.2, 0.25) is 0 Å². The molecule has 0 saturated heterocycles. The Morgan fingerprint density at radius 1 is 0.424 bits per heavy atom. The molecule has 0 aliphatic heterocycles. The van der Waals surface area contributed by atoms with Gasteiger partial charge in [0.25, 0.3) is 0 Å². The second-order valence-electron chi connectivity index (χ2n) is 16.0. The molecule has 0 N–H and O–H groups in total. The van der Waals surface area contributed by atoms with Crippen LogP contribution in [0.3, 0.4) is 0 Å². The van der Waals surface area contributed by atoms with Crippen molar-refractivity contribution in [1.82, 2.24) is 19.5 Å². The van der Waals surface area contributed by atoms with Gasteiger partial charge in [0.15, 0.2) is 17.5 Å². The second kappa shape index (κ2) is 12.7. The van der Waals surface area contributed by atoms with Crippen LogP contribution in [-0.4, -0.2) is 19.5 Å². The number of rotatable bonds is 5. The molecule has 0 unspecified atom stereocenters. The first-order valence-corrected chi connectivity index (χ1v) is 20.1. The van der Waals surface area contributed by atoms with Gasteiger partial charge in [-0.15, -0.1) is 0 Å². The highest BCUT2D eigenvalue weighted by Gasteiger charge is 2.35. The minimum Gasteiger partial charge on any atom is -0.455 e. The van der Waals surface area contributed by atoms with Gasteiger partial charge in [-0.2, -0.15) is 0 Å². The lowest BCUT2D eigenvalue weighted by atomic mass is 9.82. The molecule has 8 aromatic carbocycles. The van der Waals surface area contributed by atoms with E-state index in [1.54, 1.807) is 0 Å². The maximum Gasteiger partial charge on any atom is 0.166 e. The maximum absolute atomic E-state index is 6.77. The number of furan rings is 1. The Hall–Kier alpha value is -7.63. The van der Waals surface area contributed by atoms with Crippen molar-refractivity contribution < 1.29 is 4.42 Å². The van der Waals surface area contributed by atoms with Crippen LogP contribution in [0, 0.1) is 0 Å². The van der Waals surface area contributed by atoms with E-state index in [2.05, 4.69) is 176 Å². The van der Waals surface area contributed by atoms with Gasteiger partial charge in [-0.1, -0.05) is 159 Å². The van der Waals surface area contributed by atoms with E-state index in [0.29, 0.717) is 17.5 Å². The van der Waals surface area contributed by atoms with Gasteiger partial charge in [0, 0.05) is 61.0 Å². The molecule has 59 heavy (non-hydrogen) atoms.